The van der Waals surface area contributed by atoms with Crippen LogP contribution in [0, 0.1) is 6.92 Å². The van der Waals surface area contributed by atoms with Crippen molar-refractivity contribution in [2.24, 2.45) is 7.05 Å². The van der Waals surface area contributed by atoms with Crippen molar-refractivity contribution in [3.05, 3.63) is 44.2 Å². The third-order valence-electron chi connectivity index (χ3n) is 4.43. The third kappa shape index (κ3) is 2.17. The number of carbonyl (C=O) groups excluding carboxylic acids is 1. The van der Waals surface area contributed by atoms with E-state index in [1.165, 1.54) is 11.9 Å². The van der Waals surface area contributed by atoms with Crippen LogP contribution in [0.2, 0.25) is 0 Å². The number of aromatic nitrogens is 3. The van der Waals surface area contributed by atoms with Crippen molar-refractivity contribution in [3.8, 4) is 0 Å². The van der Waals surface area contributed by atoms with E-state index in [0.29, 0.717) is 17.7 Å². The summed E-state index contributed by atoms with van der Waals surface area (Å²) < 4.78 is 6.28. The lowest BCUT2D eigenvalue weighted by atomic mass is 10.1. The van der Waals surface area contributed by atoms with E-state index in [2.05, 4.69) is 16.3 Å². The molecule has 0 spiro atoms. The van der Waals surface area contributed by atoms with Crippen LogP contribution in [0.5, 0.6) is 0 Å². The average Bonchev–Trinajstić information content (AvgIpc) is 3.29. The molecule has 1 saturated heterocycles. The number of hydrogen-bond acceptors (Lipinski definition) is 6. The Morgan fingerprint density at radius 2 is 2.29 bits per heavy atom. The standard InChI is InChI=1S/C16H16N4O3S/c1-9-12-13(17-19(2)15(21)14(12)18-23-9)16(22)20-7-3-5-10(20)11-6-4-8-24-11/h4,6,8,10H,3,5,7H2,1-2H3/t10-/m0/s1. The molecule has 24 heavy (non-hydrogen) atoms. The Hall–Kier alpha value is -2.48. The van der Waals surface area contributed by atoms with E-state index in [1.807, 2.05) is 16.3 Å². The molecule has 8 heteroatoms. The number of nitrogens with zero attached hydrogens (tertiary/aromatic N) is 4. The quantitative estimate of drug-likeness (QED) is 0.712. The first-order valence-electron chi connectivity index (χ1n) is 7.75. The number of likely N-dealkylation sites (tertiary alicyclic amines) is 1. The van der Waals surface area contributed by atoms with Gasteiger partial charge in [0.05, 0.1) is 11.4 Å². The first-order chi connectivity index (χ1) is 11.6. The van der Waals surface area contributed by atoms with E-state index in [-0.39, 0.29) is 28.7 Å². The molecule has 3 aromatic rings. The summed E-state index contributed by atoms with van der Waals surface area (Å²) in [6.45, 7) is 2.37. The number of thiophene rings is 1. The van der Waals surface area contributed by atoms with E-state index >= 15 is 0 Å². The zero-order chi connectivity index (χ0) is 16.8. The van der Waals surface area contributed by atoms with Crippen LogP contribution in [0.4, 0.5) is 0 Å². The molecular weight excluding hydrogens is 328 g/mol. The lowest BCUT2D eigenvalue weighted by Crippen LogP contribution is -2.33. The van der Waals surface area contributed by atoms with Crippen LogP contribution in [0.1, 0.15) is 40.0 Å². The minimum absolute atomic E-state index is 0.0618. The van der Waals surface area contributed by atoms with Gasteiger partial charge in [-0.25, -0.2) is 4.68 Å². The second kappa shape index (κ2) is 5.55. The van der Waals surface area contributed by atoms with Gasteiger partial charge < -0.3 is 9.42 Å². The highest BCUT2D eigenvalue weighted by atomic mass is 32.1. The molecular formula is C16H16N4O3S. The molecule has 1 aliphatic rings. The minimum Gasteiger partial charge on any atom is -0.360 e. The highest BCUT2D eigenvalue weighted by Crippen LogP contribution is 2.36. The van der Waals surface area contributed by atoms with Crippen molar-refractivity contribution >= 4 is 28.1 Å². The van der Waals surface area contributed by atoms with Crippen LogP contribution in [0.15, 0.2) is 26.8 Å². The minimum atomic E-state index is -0.366. The molecule has 0 N–H and O–H groups in total. The second-order valence-electron chi connectivity index (χ2n) is 5.91. The van der Waals surface area contributed by atoms with Crippen LogP contribution in [-0.4, -0.2) is 32.3 Å². The molecule has 4 rings (SSSR count). The smallest absolute Gasteiger partial charge is 0.296 e. The van der Waals surface area contributed by atoms with Crippen LogP contribution >= 0.6 is 11.3 Å². The molecule has 124 valence electrons. The van der Waals surface area contributed by atoms with Crippen LogP contribution < -0.4 is 5.56 Å². The summed E-state index contributed by atoms with van der Waals surface area (Å²) in [5.41, 5.74) is 0.0177. The Kier molecular flexibility index (Phi) is 3.49. The van der Waals surface area contributed by atoms with E-state index in [0.717, 1.165) is 17.5 Å². The Bertz CT molecular complexity index is 973. The van der Waals surface area contributed by atoms with Crippen molar-refractivity contribution < 1.29 is 9.32 Å². The summed E-state index contributed by atoms with van der Waals surface area (Å²) in [5.74, 6) is 0.253. The number of hydrogen-bond donors (Lipinski definition) is 0. The maximum Gasteiger partial charge on any atom is 0.296 e. The van der Waals surface area contributed by atoms with Crippen molar-refractivity contribution in [1.29, 1.82) is 0 Å². The van der Waals surface area contributed by atoms with Gasteiger partial charge in [0.2, 0.25) is 0 Å². The summed E-state index contributed by atoms with van der Waals surface area (Å²) in [6, 6.07) is 4.11. The monoisotopic (exact) mass is 344 g/mol. The van der Waals surface area contributed by atoms with E-state index < -0.39 is 0 Å². The van der Waals surface area contributed by atoms with Crippen molar-refractivity contribution in [2.45, 2.75) is 25.8 Å². The number of aryl methyl sites for hydroxylation is 2. The number of fused-ring (bicyclic) bond motifs is 1. The first kappa shape index (κ1) is 15.1. The Labute approximate surface area is 141 Å². The van der Waals surface area contributed by atoms with Crippen molar-refractivity contribution in [2.75, 3.05) is 6.54 Å². The van der Waals surface area contributed by atoms with Gasteiger partial charge in [-0.05, 0) is 31.2 Å². The first-order valence-corrected chi connectivity index (χ1v) is 8.63. The Morgan fingerprint density at radius 1 is 1.46 bits per heavy atom. The summed E-state index contributed by atoms with van der Waals surface area (Å²) in [5, 5.41) is 10.4. The fraction of sp³-hybridized carbons (Fsp3) is 0.375. The molecule has 1 atom stereocenters. The highest BCUT2D eigenvalue weighted by molar-refractivity contribution is 7.10. The van der Waals surface area contributed by atoms with Gasteiger partial charge in [-0.15, -0.1) is 11.3 Å². The second-order valence-corrected chi connectivity index (χ2v) is 6.89. The third-order valence-corrected chi connectivity index (χ3v) is 5.41. The summed E-state index contributed by atoms with van der Waals surface area (Å²) >= 11 is 1.65. The summed E-state index contributed by atoms with van der Waals surface area (Å²) in [7, 11) is 1.52. The normalized spacial score (nSPS) is 17.8. The number of rotatable bonds is 2. The zero-order valence-corrected chi connectivity index (χ0v) is 14.2. The van der Waals surface area contributed by atoms with Crippen LogP contribution in [-0.2, 0) is 7.05 Å². The van der Waals surface area contributed by atoms with E-state index in [1.54, 1.807) is 18.3 Å². The van der Waals surface area contributed by atoms with Gasteiger partial charge in [0.1, 0.15) is 5.76 Å². The lowest BCUT2D eigenvalue weighted by Gasteiger charge is -2.23. The molecule has 3 aromatic heterocycles. The number of carbonyl (C=O) groups is 1. The van der Waals surface area contributed by atoms with Gasteiger partial charge in [-0.1, -0.05) is 11.2 Å². The zero-order valence-electron chi connectivity index (χ0n) is 13.4. The molecule has 1 fully saturated rings. The number of amides is 1. The fourth-order valence-corrected chi connectivity index (χ4v) is 4.14. The maximum absolute atomic E-state index is 13.2. The van der Waals surface area contributed by atoms with E-state index in [9.17, 15) is 9.59 Å². The molecule has 0 unspecified atom stereocenters. The maximum atomic E-state index is 13.2. The molecule has 1 aliphatic heterocycles. The van der Waals surface area contributed by atoms with Gasteiger partial charge >= 0.3 is 0 Å². The molecule has 4 heterocycles. The average molecular weight is 344 g/mol. The van der Waals surface area contributed by atoms with Crippen molar-refractivity contribution in [1.82, 2.24) is 19.8 Å². The predicted molar refractivity (Wildman–Crippen MR) is 89.1 cm³/mol. The molecule has 1 amide bonds. The topological polar surface area (TPSA) is 81.2 Å². The molecule has 0 saturated carbocycles. The highest BCUT2D eigenvalue weighted by Gasteiger charge is 2.34. The fourth-order valence-electron chi connectivity index (χ4n) is 3.27. The van der Waals surface area contributed by atoms with Crippen LogP contribution in [0.25, 0.3) is 10.9 Å². The predicted octanol–water partition coefficient (Wildman–Crippen LogP) is 2.27. The largest absolute Gasteiger partial charge is 0.360 e. The lowest BCUT2D eigenvalue weighted by molar-refractivity contribution is 0.0731. The van der Waals surface area contributed by atoms with Gasteiger partial charge in [0, 0.05) is 18.5 Å². The molecule has 0 aliphatic carbocycles. The van der Waals surface area contributed by atoms with Crippen molar-refractivity contribution in [3.63, 3.8) is 0 Å². The molecule has 0 bridgehead atoms. The van der Waals surface area contributed by atoms with Gasteiger partial charge in [-0.3, -0.25) is 9.59 Å². The summed E-state index contributed by atoms with van der Waals surface area (Å²) in [6.07, 6.45) is 1.88. The molecule has 0 radical (unpaired) electrons. The van der Waals surface area contributed by atoms with Gasteiger partial charge in [0.25, 0.3) is 11.5 Å². The Morgan fingerprint density at radius 3 is 3.04 bits per heavy atom. The van der Waals surface area contributed by atoms with Gasteiger partial charge in [-0.2, -0.15) is 5.10 Å². The molecule has 0 aromatic carbocycles. The van der Waals surface area contributed by atoms with Crippen LogP contribution in [0.3, 0.4) is 0 Å². The summed E-state index contributed by atoms with van der Waals surface area (Å²) in [4.78, 5) is 28.3. The SMILES string of the molecule is Cc1onc2c(=O)n(C)nc(C(=O)N3CCC[C@H]3c3cccs3)c12. The van der Waals surface area contributed by atoms with Gasteiger partial charge in [0.15, 0.2) is 11.2 Å². The Balaban J connectivity index is 1.83. The molecule has 7 nitrogen and oxygen atoms in total. The van der Waals surface area contributed by atoms with E-state index in [4.69, 9.17) is 4.52 Å².